The van der Waals surface area contributed by atoms with Gasteiger partial charge in [0, 0.05) is 0 Å². The third-order valence-corrected chi connectivity index (χ3v) is 3.94. The lowest BCUT2D eigenvalue weighted by Gasteiger charge is -2.10. The van der Waals surface area contributed by atoms with Gasteiger partial charge in [-0.1, -0.05) is 17.3 Å². The minimum atomic E-state index is -0.336. The van der Waals surface area contributed by atoms with E-state index in [0.717, 1.165) is 11.4 Å². The Morgan fingerprint density at radius 3 is 2.44 bits per heavy atom. The SMILES string of the molecule is CCOc1ccc(-n2nnc(C(=O)Nc3ccccc3OCC)c2C)cc1. The van der Waals surface area contributed by atoms with Crippen LogP contribution in [0.15, 0.2) is 48.5 Å². The van der Waals surface area contributed by atoms with Crippen molar-refractivity contribution >= 4 is 11.6 Å². The maximum absolute atomic E-state index is 12.7. The summed E-state index contributed by atoms with van der Waals surface area (Å²) in [4.78, 5) is 12.7. The highest BCUT2D eigenvalue weighted by Crippen LogP contribution is 2.24. The standard InChI is InChI=1S/C20H22N4O3/c1-4-26-16-12-10-15(11-13-16)24-14(3)19(22-23-24)20(25)21-17-8-6-7-9-18(17)27-5-2/h6-13H,4-5H2,1-3H3,(H,21,25). The Morgan fingerprint density at radius 2 is 1.74 bits per heavy atom. The molecule has 140 valence electrons. The Balaban J connectivity index is 1.81. The van der Waals surface area contributed by atoms with Gasteiger partial charge < -0.3 is 14.8 Å². The van der Waals surface area contributed by atoms with Crippen molar-refractivity contribution in [2.45, 2.75) is 20.8 Å². The summed E-state index contributed by atoms with van der Waals surface area (Å²) in [5.74, 6) is 1.06. The van der Waals surface area contributed by atoms with Gasteiger partial charge in [-0.2, -0.15) is 0 Å². The lowest BCUT2D eigenvalue weighted by atomic mass is 10.2. The van der Waals surface area contributed by atoms with E-state index < -0.39 is 0 Å². The highest BCUT2D eigenvalue weighted by atomic mass is 16.5. The third-order valence-electron chi connectivity index (χ3n) is 3.94. The Labute approximate surface area is 157 Å². The van der Waals surface area contributed by atoms with Gasteiger partial charge in [-0.25, -0.2) is 4.68 Å². The van der Waals surface area contributed by atoms with Crippen molar-refractivity contribution in [3.63, 3.8) is 0 Å². The fourth-order valence-corrected chi connectivity index (χ4v) is 2.67. The molecule has 0 fully saturated rings. The van der Waals surface area contributed by atoms with Crippen LogP contribution < -0.4 is 14.8 Å². The molecular weight excluding hydrogens is 344 g/mol. The number of benzene rings is 2. The van der Waals surface area contributed by atoms with Crippen LogP contribution in [0.1, 0.15) is 30.0 Å². The van der Waals surface area contributed by atoms with Crippen LogP contribution in [0, 0.1) is 6.92 Å². The molecule has 1 aromatic heterocycles. The van der Waals surface area contributed by atoms with Gasteiger partial charge in [-0.15, -0.1) is 5.10 Å². The Kier molecular flexibility index (Phi) is 5.71. The van der Waals surface area contributed by atoms with Gasteiger partial charge in [0.15, 0.2) is 5.69 Å². The van der Waals surface area contributed by atoms with Crippen LogP contribution >= 0.6 is 0 Å². The summed E-state index contributed by atoms with van der Waals surface area (Å²) >= 11 is 0. The molecule has 0 spiro atoms. The normalized spacial score (nSPS) is 10.5. The number of ether oxygens (including phenoxy) is 2. The van der Waals surface area contributed by atoms with Crippen LogP contribution in [0.3, 0.4) is 0 Å². The molecule has 2 aromatic carbocycles. The molecule has 0 saturated heterocycles. The molecule has 0 atom stereocenters. The van der Waals surface area contributed by atoms with Crippen LogP contribution in [-0.2, 0) is 0 Å². The molecule has 0 aliphatic carbocycles. The number of amides is 1. The van der Waals surface area contributed by atoms with Gasteiger partial charge >= 0.3 is 0 Å². The van der Waals surface area contributed by atoms with Gasteiger partial charge in [0.1, 0.15) is 11.5 Å². The molecule has 1 heterocycles. The quantitative estimate of drug-likeness (QED) is 0.691. The van der Waals surface area contributed by atoms with Gasteiger partial charge in [-0.05, 0) is 57.2 Å². The van der Waals surface area contributed by atoms with Crippen molar-refractivity contribution in [3.8, 4) is 17.2 Å². The van der Waals surface area contributed by atoms with Gasteiger partial charge in [0.05, 0.1) is 30.3 Å². The summed E-state index contributed by atoms with van der Waals surface area (Å²) < 4.78 is 12.6. The average Bonchev–Trinajstić information content (AvgIpc) is 3.06. The van der Waals surface area contributed by atoms with Crippen LogP contribution in [0.4, 0.5) is 5.69 Å². The summed E-state index contributed by atoms with van der Waals surface area (Å²) in [5, 5.41) is 11.0. The summed E-state index contributed by atoms with van der Waals surface area (Å²) in [6, 6.07) is 14.8. The van der Waals surface area contributed by atoms with E-state index in [1.54, 1.807) is 17.7 Å². The van der Waals surface area contributed by atoms with Crippen molar-refractivity contribution < 1.29 is 14.3 Å². The molecule has 3 rings (SSSR count). The molecule has 0 aliphatic rings. The van der Waals surface area contributed by atoms with Crippen LogP contribution in [0.2, 0.25) is 0 Å². The maximum atomic E-state index is 12.7. The first kappa shape index (κ1) is 18.4. The van der Waals surface area contributed by atoms with Gasteiger partial charge in [0.2, 0.25) is 0 Å². The predicted octanol–water partition coefficient (Wildman–Crippen LogP) is 3.63. The molecule has 0 aliphatic heterocycles. The van der Waals surface area contributed by atoms with Crippen molar-refractivity contribution in [1.29, 1.82) is 0 Å². The van der Waals surface area contributed by atoms with Gasteiger partial charge in [0.25, 0.3) is 5.91 Å². The second-order valence-electron chi connectivity index (χ2n) is 5.75. The first-order valence-electron chi connectivity index (χ1n) is 8.82. The van der Waals surface area contributed by atoms with Crippen LogP contribution in [-0.4, -0.2) is 34.1 Å². The number of carbonyl (C=O) groups is 1. The molecular formula is C20H22N4O3. The summed E-state index contributed by atoms with van der Waals surface area (Å²) in [5.41, 5.74) is 2.30. The number of nitrogens with zero attached hydrogens (tertiary/aromatic N) is 3. The molecule has 0 bridgehead atoms. The fraction of sp³-hybridized carbons (Fsp3) is 0.250. The summed E-state index contributed by atoms with van der Waals surface area (Å²) in [6.45, 7) is 6.75. The average molecular weight is 366 g/mol. The van der Waals surface area contributed by atoms with Crippen molar-refractivity contribution in [3.05, 3.63) is 59.9 Å². The van der Waals surface area contributed by atoms with E-state index in [0.29, 0.717) is 30.3 Å². The molecule has 0 saturated carbocycles. The molecule has 0 radical (unpaired) electrons. The molecule has 7 nitrogen and oxygen atoms in total. The third kappa shape index (κ3) is 4.08. The molecule has 3 aromatic rings. The van der Waals surface area contributed by atoms with E-state index in [1.165, 1.54) is 0 Å². The number of hydrogen-bond donors (Lipinski definition) is 1. The highest BCUT2D eigenvalue weighted by molar-refractivity contribution is 6.04. The smallest absolute Gasteiger partial charge is 0.278 e. The number of carbonyl (C=O) groups excluding carboxylic acids is 1. The second kappa shape index (κ2) is 8.35. The van der Waals surface area contributed by atoms with Gasteiger partial charge in [-0.3, -0.25) is 4.79 Å². The van der Waals surface area contributed by atoms with E-state index in [9.17, 15) is 4.79 Å². The van der Waals surface area contributed by atoms with E-state index in [4.69, 9.17) is 9.47 Å². The number of hydrogen-bond acceptors (Lipinski definition) is 5. The molecule has 1 N–H and O–H groups in total. The zero-order valence-electron chi connectivity index (χ0n) is 15.6. The topological polar surface area (TPSA) is 78.3 Å². The Bertz CT molecular complexity index is 919. The van der Waals surface area contributed by atoms with E-state index >= 15 is 0 Å². The minimum absolute atomic E-state index is 0.259. The number of para-hydroxylation sites is 2. The lowest BCUT2D eigenvalue weighted by Crippen LogP contribution is -2.15. The summed E-state index contributed by atoms with van der Waals surface area (Å²) in [6.07, 6.45) is 0. The van der Waals surface area contributed by atoms with E-state index in [1.807, 2.05) is 56.3 Å². The summed E-state index contributed by atoms with van der Waals surface area (Å²) in [7, 11) is 0. The number of rotatable bonds is 7. The minimum Gasteiger partial charge on any atom is -0.494 e. The van der Waals surface area contributed by atoms with E-state index in [-0.39, 0.29) is 11.6 Å². The lowest BCUT2D eigenvalue weighted by molar-refractivity contribution is 0.102. The number of nitrogens with one attached hydrogen (secondary N) is 1. The van der Waals surface area contributed by atoms with E-state index in [2.05, 4.69) is 15.6 Å². The Hall–Kier alpha value is -3.35. The number of anilines is 1. The largest absolute Gasteiger partial charge is 0.494 e. The number of aromatic nitrogens is 3. The van der Waals surface area contributed by atoms with Crippen molar-refractivity contribution in [1.82, 2.24) is 15.0 Å². The Morgan fingerprint density at radius 1 is 1.04 bits per heavy atom. The second-order valence-corrected chi connectivity index (χ2v) is 5.75. The first-order chi connectivity index (χ1) is 13.1. The van der Waals surface area contributed by atoms with Crippen LogP contribution in [0.25, 0.3) is 5.69 Å². The molecule has 0 unspecified atom stereocenters. The van der Waals surface area contributed by atoms with Crippen molar-refractivity contribution in [2.24, 2.45) is 0 Å². The monoisotopic (exact) mass is 366 g/mol. The fourth-order valence-electron chi connectivity index (χ4n) is 2.67. The van der Waals surface area contributed by atoms with Crippen LogP contribution in [0.5, 0.6) is 11.5 Å². The first-order valence-corrected chi connectivity index (χ1v) is 8.82. The van der Waals surface area contributed by atoms with Crippen molar-refractivity contribution in [2.75, 3.05) is 18.5 Å². The predicted molar refractivity (Wildman–Crippen MR) is 103 cm³/mol. The zero-order chi connectivity index (χ0) is 19.2. The molecule has 7 heteroatoms. The zero-order valence-corrected chi connectivity index (χ0v) is 15.6. The maximum Gasteiger partial charge on any atom is 0.278 e. The molecule has 27 heavy (non-hydrogen) atoms. The molecule has 1 amide bonds. The highest BCUT2D eigenvalue weighted by Gasteiger charge is 2.18.